The van der Waals surface area contributed by atoms with Crippen LogP contribution in [-0.4, -0.2) is 18.9 Å². The third-order valence-electron chi connectivity index (χ3n) is 10.7. The number of para-hydroxylation sites is 3. The minimum Gasteiger partial charge on any atom is -0.457 e. The van der Waals surface area contributed by atoms with Gasteiger partial charge in [0, 0.05) is 33.8 Å². The molecule has 6 aromatic carbocycles. The Bertz CT molecular complexity index is 3020. The highest BCUT2D eigenvalue weighted by molar-refractivity contribution is 6.19. The molecule has 0 spiro atoms. The summed E-state index contributed by atoms with van der Waals surface area (Å²) in [6.07, 6.45) is 1.84. The van der Waals surface area contributed by atoms with Gasteiger partial charge in [0.1, 0.15) is 23.0 Å². The molecule has 0 fully saturated rings. The first-order valence-corrected chi connectivity index (χ1v) is 18.5. The average molecular weight is 687 g/mol. The third kappa shape index (κ3) is 4.84. The van der Waals surface area contributed by atoms with Crippen molar-refractivity contribution in [3.63, 3.8) is 0 Å². The van der Waals surface area contributed by atoms with Crippen molar-refractivity contribution in [3.05, 3.63) is 157 Å². The number of rotatable bonds is 6. The molecular weight excluding hydrogens is 649 g/mol. The van der Waals surface area contributed by atoms with Gasteiger partial charge in [-0.15, -0.1) is 0 Å². The molecule has 53 heavy (non-hydrogen) atoms. The molecule has 0 aliphatic carbocycles. The van der Waals surface area contributed by atoms with Crippen LogP contribution >= 0.6 is 0 Å². The SMILES string of the molecule is CC(C)c1cccc(C(C)C)c1-c1cccc2c1c1ccc(Oc3ccc4c5ccccc5n(-c5ccccn5)c4c3)cc1c1nc3ccccc3n21. The van der Waals surface area contributed by atoms with Crippen molar-refractivity contribution in [1.82, 2.24) is 18.9 Å². The third-order valence-corrected chi connectivity index (χ3v) is 10.7. The van der Waals surface area contributed by atoms with Gasteiger partial charge in [-0.3, -0.25) is 8.97 Å². The van der Waals surface area contributed by atoms with E-state index >= 15 is 0 Å². The van der Waals surface area contributed by atoms with Gasteiger partial charge in [0.2, 0.25) is 0 Å². The van der Waals surface area contributed by atoms with Crippen LogP contribution in [0.5, 0.6) is 11.5 Å². The second kappa shape index (κ2) is 12.1. The highest BCUT2D eigenvalue weighted by atomic mass is 16.5. The van der Waals surface area contributed by atoms with Crippen LogP contribution in [0.2, 0.25) is 0 Å². The van der Waals surface area contributed by atoms with E-state index in [2.05, 4.69) is 158 Å². The zero-order valence-corrected chi connectivity index (χ0v) is 30.2. The van der Waals surface area contributed by atoms with Crippen LogP contribution in [0.1, 0.15) is 50.7 Å². The number of hydrogen-bond donors (Lipinski definition) is 0. The lowest BCUT2D eigenvalue weighted by Gasteiger charge is -2.22. The first-order valence-electron chi connectivity index (χ1n) is 18.5. The summed E-state index contributed by atoms with van der Waals surface area (Å²) in [6.45, 7) is 9.18. The largest absolute Gasteiger partial charge is 0.457 e. The second-order valence-electron chi connectivity index (χ2n) is 14.6. The van der Waals surface area contributed by atoms with E-state index in [1.54, 1.807) is 0 Å². The average Bonchev–Trinajstić information content (AvgIpc) is 3.74. The monoisotopic (exact) mass is 686 g/mol. The number of hydrogen-bond acceptors (Lipinski definition) is 3. The van der Waals surface area contributed by atoms with Crippen molar-refractivity contribution >= 4 is 60.2 Å². The standard InChI is InChI=1S/C48H38N4O/c1-29(2)33-14-11-15-34(30(3)4)46(33)38-16-12-20-43-47(38)37-25-23-31(27-39(37)48-50-40-17-6-8-19-42(40)52(43)48)53-32-22-24-36-35-13-5-7-18-41(35)51(44(36)28-32)45-21-9-10-26-49-45/h5-30H,1-4H3. The molecule has 4 aromatic heterocycles. The van der Waals surface area contributed by atoms with E-state index in [0.717, 1.165) is 66.7 Å². The summed E-state index contributed by atoms with van der Waals surface area (Å²) in [6, 6.07) is 49.4. The van der Waals surface area contributed by atoms with E-state index < -0.39 is 0 Å². The van der Waals surface area contributed by atoms with Crippen molar-refractivity contribution < 1.29 is 4.74 Å². The van der Waals surface area contributed by atoms with Gasteiger partial charge in [-0.05, 0) is 106 Å². The summed E-state index contributed by atoms with van der Waals surface area (Å²) >= 11 is 0. The second-order valence-corrected chi connectivity index (χ2v) is 14.6. The number of aromatic nitrogens is 4. The first kappa shape index (κ1) is 31.3. The quantitative estimate of drug-likeness (QED) is 0.164. The molecule has 256 valence electrons. The molecule has 0 saturated heterocycles. The fraction of sp³-hybridized carbons (Fsp3) is 0.125. The number of nitrogens with zero attached hydrogens (tertiary/aromatic N) is 4. The molecule has 0 aliphatic heterocycles. The Kier molecular flexibility index (Phi) is 7.12. The van der Waals surface area contributed by atoms with Crippen molar-refractivity contribution in [2.24, 2.45) is 0 Å². The smallest absolute Gasteiger partial charge is 0.146 e. The highest BCUT2D eigenvalue weighted by Gasteiger charge is 2.22. The van der Waals surface area contributed by atoms with Gasteiger partial charge < -0.3 is 4.74 Å². The molecule has 4 heterocycles. The summed E-state index contributed by atoms with van der Waals surface area (Å²) in [4.78, 5) is 9.96. The Hall–Kier alpha value is -6.46. The van der Waals surface area contributed by atoms with Gasteiger partial charge in [0.15, 0.2) is 0 Å². The summed E-state index contributed by atoms with van der Waals surface area (Å²) < 4.78 is 11.3. The van der Waals surface area contributed by atoms with E-state index in [-0.39, 0.29) is 0 Å². The van der Waals surface area contributed by atoms with Crippen LogP contribution in [0.4, 0.5) is 0 Å². The van der Waals surface area contributed by atoms with E-state index in [1.165, 1.54) is 33.0 Å². The van der Waals surface area contributed by atoms with E-state index in [0.29, 0.717) is 11.8 Å². The van der Waals surface area contributed by atoms with Gasteiger partial charge in [0.25, 0.3) is 0 Å². The molecular formula is C48H38N4O. The lowest BCUT2D eigenvalue weighted by atomic mass is 9.83. The Morgan fingerprint density at radius 2 is 1.19 bits per heavy atom. The Labute approximate surface area is 307 Å². The first-order chi connectivity index (χ1) is 26.0. The predicted octanol–water partition coefficient (Wildman–Crippen LogP) is 13.0. The summed E-state index contributed by atoms with van der Waals surface area (Å²) in [7, 11) is 0. The number of pyridine rings is 2. The molecule has 0 atom stereocenters. The van der Waals surface area contributed by atoms with E-state index in [1.807, 2.05) is 24.4 Å². The maximum Gasteiger partial charge on any atom is 0.146 e. The van der Waals surface area contributed by atoms with Gasteiger partial charge >= 0.3 is 0 Å². The maximum atomic E-state index is 6.76. The van der Waals surface area contributed by atoms with Crippen molar-refractivity contribution in [1.29, 1.82) is 0 Å². The van der Waals surface area contributed by atoms with Crippen LogP contribution < -0.4 is 4.74 Å². The molecule has 5 heteroatoms. The molecule has 10 aromatic rings. The number of fused-ring (bicyclic) bond motifs is 11. The summed E-state index contributed by atoms with van der Waals surface area (Å²) in [5.74, 6) is 3.13. The fourth-order valence-corrected chi connectivity index (χ4v) is 8.40. The van der Waals surface area contributed by atoms with Crippen LogP contribution in [0.15, 0.2) is 146 Å². The van der Waals surface area contributed by atoms with Gasteiger partial charge in [-0.1, -0.05) is 94.4 Å². The molecule has 0 bridgehead atoms. The predicted molar refractivity (Wildman–Crippen MR) is 220 cm³/mol. The lowest BCUT2D eigenvalue weighted by Crippen LogP contribution is -2.01. The molecule has 10 rings (SSSR count). The number of ether oxygens (including phenoxy) is 1. The number of imidazole rings is 1. The zero-order valence-electron chi connectivity index (χ0n) is 30.2. The molecule has 0 saturated carbocycles. The maximum absolute atomic E-state index is 6.76. The van der Waals surface area contributed by atoms with Crippen LogP contribution in [0, 0.1) is 0 Å². The zero-order chi connectivity index (χ0) is 35.8. The molecule has 0 radical (unpaired) electrons. The normalized spacial score (nSPS) is 12.1. The van der Waals surface area contributed by atoms with Gasteiger partial charge in [-0.25, -0.2) is 9.97 Å². The Morgan fingerprint density at radius 1 is 0.528 bits per heavy atom. The summed E-state index contributed by atoms with van der Waals surface area (Å²) in [5.41, 5.74) is 11.6. The fourth-order valence-electron chi connectivity index (χ4n) is 8.40. The van der Waals surface area contributed by atoms with Gasteiger partial charge in [-0.2, -0.15) is 0 Å². The number of benzene rings is 6. The Morgan fingerprint density at radius 3 is 1.96 bits per heavy atom. The van der Waals surface area contributed by atoms with Crippen LogP contribution in [-0.2, 0) is 0 Å². The highest BCUT2D eigenvalue weighted by Crippen LogP contribution is 2.44. The van der Waals surface area contributed by atoms with Crippen molar-refractivity contribution in [2.75, 3.05) is 0 Å². The Balaban J connectivity index is 1.22. The van der Waals surface area contributed by atoms with E-state index in [4.69, 9.17) is 14.7 Å². The lowest BCUT2D eigenvalue weighted by molar-refractivity contribution is 0.484. The molecule has 0 unspecified atom stereocenters. The van der Waals surface area contributed by atoms with Gasteiger partial charge in [0.05, 0.1) is 27.6 Å². The van der Waals surface area contributed by atoms with Crippen molar-refractivity contribution in [2.45, 2.75) is 39.5 Å². The minimum absolute atomic E-state index is 0.372. The molecule has 5 nitrogen and oxygen atoms in total. The van der Waals surface area contributed by atoms with Crippen LogP contribution in [0.25, 0.3) is 77.1 Å². The van der Waals surface area contributed by atoms with Crippen LogP contribution in [0.3, 0.4) is 0 Å². The topological polar surface area (TPSA) is 44.3 Å². The molecule has 0 amide bonds. The molecule has 0 N–H and O–H groups in total. The molecule has 0 aliphatic rings. The van der Waals surface area contributed by atoms with Crippen molar-refractivity contribution in [3.8, 4) is 28.4 Å². The minimum atomic E-state index is 0.372. The van der Waals surface area contributed by atoms with E-state index in [9.17, 15) is 0 Å². The summed E-state index contributed by atoms with van der Waals surface area (Å²) in [5, 5.41) is 5.77.